The van der Waals surface area contributed by atoms with Crippen LogP contribution in [-0.4, -0.2) is 87.4 Å². The minimum absolute atomic E-state index is 0.0154. The summed E-state index contributed by atoms with van der Waals surface area (Å²) in [5.41, 5.74) is 1.66. The Morgan fingerprint density at radius 2 is 1.83 bits per heavy atom. The van der Waals surface area contributed by atoms with E-state index in [1.807, 2.05) is 55.2 Å². The Labute approximate surface area is 138 Å². The Morgan fingerprint density at radius 3 is 2.43 bits per heavy atom. The standard InChI is InChI=1S/C17H26N4O2/c1-18(2)14-8-6-7-13(11-14)16(22)21-10-9-20(5)15(12-21)17(23)19(3)4/h6-8,11,15H,9-10,12H2,1-5H3. The summed E-state index contributed by atoms with van der Waals surface area (Å²) in [6.45, 7) is 1.76. The first-order chi connectivity index (χ1) is 10.8. The first-order valence-electron chi connectivity index (χ1n) is 7.79. The number of amides is 2. The first-order valence-corrected chi connectivity index (χ1v) is 7.79. The van der Waals surface area contributed by atoms with Crippen LogP contribution in [0.1, 0.15) is 10.4 Å². The van der Waals surface area contributed by atoms with E-state index >= 15 is 0 Å². The number of carbonyl (C=O) groups excluding carboxylic acids is 2. The van der Waals surface area contributed by atoms with Gasteiger partial charge in [0, 0.05) is 59.1 Å². The normalized spacial score (nSPS) is 18.7. The number of likely N-dealkylation sites (N-methyl/N-ethyl adjacent to an activating group) is 2. The lowest BCUT2D eigenvalue weighted by Gasteiger charge is -2.39. The zero-order valence-electron chi connectivity index (χ0n) is 14.6. The van der Waals surface area contributed by atoms with Gasteiger partial charge in [-0.25, -0.2) is 0 Å². The van der Waals surface area contributed by atoms with Crippen LogP contribution < -0.4 is 4.90 Å². The average Bonchev–Trinajstić information content (AvgIpc) is 2.54. The summed E-state index contributed by atoms with van der Waals surface area (Å²) in [7, 11) is 9.33. The van der Waals surface area contributed by atoms with E-state index in [9.17, 15) is 9.59 Å². The van der Waals surface area contributed by atoms with Crippen LogP contribution in [0.15, 0.2) is 24.3 Å². The quantitative estimate of drug-likeness (QED) is 0.819. The molecule has 0 aromatic heterocycles. The molecule has 1 unspecified atom stereocenters. The average molecular weight is 318 g/mol. The lowest BCUT2D eigenvalue weighted by molar-refractivity contribution is -0.135. The first kappa shape index (κ1) is 17.3. The number of nitrogens with zero attached hydrogens (tertiary/aromatic N) is 4. The molecule has 2 amide bonds. The number of piperazine rings is 1. The topological polar surface area (TPSA) is 47.1 Å². The summed E-state index contributed by atoms with van der Waals surface area (Å²) in [5.74, 6) is 0.0189. The van der Waals surface area contributed by atoms with Crippen molar-refractivity contribution in [3.8, 4) is 0 Å². The Hall–Kier alpha value is -2.08. The minimum atomic E-state index is -0.278. The van der Waals surface area contributed by atoms with Gasteiger partial charge < -0.3 is 14.7 Å². The van der Waals surface area contributed by atoms with E-state index in [0.29, 0.717) is 25.2 Å². The van der Waals surface area contributed by atoms with Crippen molar-refractivity contribution in [2.24, 2.45) is 0 Å². The number of anilines is 1. The highest BCUT2D eigenvalue weighted by Crippen LogP contribution is 2.17. The molecule has 1 aliphatic heterocycles. The molecule has 1 atom stereocenters. The van der Waals surface area contributed by atoms with E-state index in [1.165, 1.54) is 0 Å². The third kappa shape index (κ3) is 3.82. The summed E-state index contributed by atoms with van der Waals surface area (Å²) >= 11 is 0. The maximum absolute atomic E-state index is 12.8. The van der Waals surface area contributed by atoms with Crippen molar-refractivity contribution >= 4 is 17.5 Å². The second-order valence-electron chi connectivity index (χ2n) is 6.42. The van der Waals surface area contributed by atoms with E-state index in [4.69, 9.17) is 0 Å². The van der Waals surface area contributed by atoms with Crippen LogP contribution >= 0.6 is 0 Å². The predicted molar refractivity (Wildman–Crippen MR) is 91.8 cm³/mol. The molecule has 126 valence electrons. The summed E-state index contributed by atoms with van der Waals surface area (Å²) in [6, 6.07) is 7.31. The van der Waals surface area contributed by atoms with Crippen LogP contribution in [0, 0.1) is 0 Å². The van der Waals surface area contributed by atoms with Crippen LogP contribution in [0.2, 0.25) is 0 Å². The summed E-state index contributed by atoms with van der Waals surface area (Å²) in [4.78, 5) is 32.4. The van der Waals surface area contributed by atoms with E-state index < -0.39 is 0 Å². The maximum atomic E-state index is 12.8. The van der Waals surface area contributed by atoms with Gasteiger partial charge in [-0.3, -0.25) is 14.5 Å². The molecule has 0 N–H and O–H groups in total. The SMILES string of the molecule is CN(C)C(=O)C1CN(C(=O)c2cccc(N(C)C)c2)CCN1C. The second-order valence-corrected chi connectivity index (χ2v) is 6.42. The molecular weight excluding hydrogens is 292 g/mol. The molecule has 1 aromatic rings. The minimum Gasteiger partial charge on any atom is -0.378 e. The summed E-state index contributed by atoms with van der Waals surface area (Å²) < 4.78 is 0. The van der Waals surface area contributed by atoms with E-state index in [0.717, 1.165) is 5.69 Å². The van der Waals surface area contributed by atoms with Crippen LogP contribution in [-0.2, 0) is 4.79 Å². The largest absolute Gasteiger partial charge is 0.378 e. The van der Waals surface area contributed by atoms with Crippen LogP contribution in [0.5, 0.6) is 0 Å². The molecule has 1 heterocycles. The van der Waals surface area contributed by atoms with Gasteiger partial charge in [0.2, 0.25) is 5.91 Å². The molecule has 23 heavy (non-hydrogen) atoms. The molecule has 0 radical (unpaired) electrons. The van der Waals surface area contributed by atoms with Crippen LogP contribution in [0.25, 0.3) is 0 Å². The fourth-order valence-electron chi connectivity index (χ4n) is 2.72. The number of benzene rings is 1. The fraction of sp³-hybridized carbons (Fsp3) is 0.529. The highest BCUT2D eigenvalue weighted by molar-refractivity contribution is 5.96. The Bertz CT molecular complexity index is 586. The van der Waals surface area contributed by atoms with E-state index in [1.54, 1.807) is 23.9 Å². The van der Waals surface area contributed by atoms with E-state index in [-0.39, 0.29) is 17.9 Å². The molecule has 0 spiro atoms. The van der Waals surface area contributed by atoms with Crippen molar-refractivity contribution < 1.29 is 9.59 Å². The van der Waals surface area contributed by atoms with Crippen molar-refractivity contribution in [3.05, 3.63) is 29.8 Å². The fourth-order valence-corrected chi connectivity index (χ4v) is 2.72. The lowest BCUT2D eigenvalue weighted by atomic mass is 10.1. The van der Waals surface area contributed by atoms with Crippen molar-refractivity contribution in [1.29, 1.82) is 0 Å². The summed E-state index contributed by atoms with van der Waals surface area (Å²) in [6.07, 6.45) is 0. The van der Waals surface area contributed by atoms with Gasteiger partial charge in [-0.2, -0.15) is 0 Å². The number of rotatable bonds is 3. The zero-order chi connectivity index (χ0) is 17.1. The summed E-state index contributed by atoms with van der Waals surface area (Å²) in [5, 5.41) is 0. The van der Waals surface area contributed by atoms with Gasteiger partial charge in [-0.15, -0.1) is 0 Å². The Balaban J connectivity index is 2.16. The van der Waals surface area contributed by atoms with Gasteiger partial charge in [0.05, 0.1) is 0 Å². The molecule has 2 rings (SSSR count). The third-order valence-corrected chi connectivity index (χ3v) is 4.27. The van der Waals surface area contributed by atoms with Gasteiger partial charge in [-0.05, 0) is 25.2 Å². The zero-order valence-corrected chi connectivity index (χ0v) is 14.6. The maximum Gasteiger partial charge on any atom is 0.254 e. The molecule has 1 aromatic carbocycles. The number of hydrogen-bond donors (Lipinski definition) is 0. The molecule has 1 aliphatic rings. The molecule has 0 saturated carbocycles. The lowest BCUT2D eigenvalue weighted by Crippen LogP contribution is -2.58. The highest BCUT2D eigenvalue weighted by atomic mass is 16.2. The van der Waals surface area contributed by atoms with Gasteiger partial charge in [-0.1, -0.05) is 6.07 Å². The van der Waals surface area contributed by atoms with E-state index in [2.05, 4.69) is 0 Å². The number of carbonyl (C=O) groups is 2. The molecule has 6 heteroatoms. The van der Waals surface area contributed by atoms with Gasteiger partial charge in [0.25, 0.3) is 5.91 Å². The van der Waals surface area contributed by atoms with Crippen LogP contribution in [0.4, 0.5) is 5.69 Å². The smallest absolute Gasteiger partial charge is 0.254 e. The molecule has 1 fully saturated rings. The Kier molecular flexibility index (Phi) is 5.26. The molecule has 6 nitrogen and oxygen atoms in total. The monoisotopic (exact) mass is 318 g/mol. The van der Waals surface area contributed by atoms with Crippen LogP contribution in [0.3, 0.4) is 0 Å². The van der Waals surface area contributed by atoms with Crippen molar-refractivity contribution in [3.63, 3.8) is 0 Å². The molecule has 0 aliphatic carbocycles. The predicted octanol–water partition coefficient (Wildman–Crippen LogP) is 0.597. The highest BCUT2D eigenvalue weighted by Gasteiger charge is 2.33. The van der Waals surface area contributed by atoms with Gasteiger partial charge in [0.1, 0.15) is 6.04 Å². The molecule has 1 saturated heterocycles. The molecular formula is C17H26N4O2. The van der Waals surface area contributed by atoms with Gasteiger partial charge >= 0.3 is 0 Å². The van der Waals surface area contributed by atoms with Gasteiger partial charge in [0.15, 0.2) is 0 Å². The second kappa shape index (κ2) is 7.00. The van der Waals surface area contributed by atoms with Crippen molar-refractivity contribution in [2.75, 3.05) is 59.8 Å². The van der Waals surface area contributed by atoms with Crippen molar-refractivity contribution in [1.82, 2.24) is 14.7 Å². The third-order valence-electron chi connectivity index (χ3n) is 4.27. The van der Waals surface area contributed by atoms with Crippen molar-refractivity contribution in [2.45, 2.75) is 6.04 Å². The Morgan fingerprint density at radius 1 is 1.13 bits per heavy atom. The molecule has 0 bridgehead atoms. The number of hydrogen-bond acceptors (Lipinski definition) is 4.